The Morgan fingerprint density at radius 1 is 1.24 bits per heavy atom. The molecule has 2 rings (SSSR count). The van der Waals surface area contributed by atoms with Crippen molar-refractivity contribution < 1.29 is 17.9 Å². The summed E-state index contributed by atoms with van der Waals surface area (Å²) in [6.07, 6.45) is -3.01. The molecule has 0 aromatic heterocycles. The van der Waals surface area contributed by atoms with Crippen LogP contribution in [0.2, 0.25) is 0 Å². The first-order valence-corrected chi connectivity index (χ1v) is 5.20. The summed E-state index contributed by atoms with van der Waals surface area (Å²) >= 11 is 0. The quantitative estimate of drug-likeness (QED) is 0.866. The van der Waals surface area contributed by atoms with Crippen molar-refractivity contribution in [2.75, 3.05) is 11.9 Å². The van der Waals surface area contributed by atoms with E-state index in [1.54, 1.807) is 6.07 Å². The number of rotatable bonds is 2. The maximum absolute atomic E-state index is 12.2. The number of aliphatic imine (C=N–C) groups is 1. The van der Waals surface area contributed by atoms with Crippen LogP contribution < -0.4 is 10.1 Å². The summed E-state index contributed by atoms with van der Waals surface area (Å²) in [4.78, 5) is 4.14. The first-order chi connectivity index (χ1) is 8.04. The SMILES string of the molecule is FC(F)(F)Oc1ccccc1NC1=NCCC1. The molecule has 0 radical (unpaired) electrons. The summed E-state index contributed by atoms with van der Waals surface area (Å²) < 4.78 is 40.4. The van der Waals surface area contributed by atoms with Gasteiger partial charge in [-0.2, -0.15) is 0 Å². The highest BCUT2D eigenvalue weighted by Gasteiger charge is 2.32. The van der Waals surface area contributed by atoms with Crippen molar-refractivity contribution in [3.05, 3.63) is 24.3 Å². The number of para-hydroxylation sites is 2. The molecule has 0 saturated heterocycles. The molecule has 0 atom stereocenters. The van der Waals surface area contributed by atoms with Crippen LogP contribution in [0.25, 0.3) is 0 Å². The van der Waals surface area contributed by atoms with Gasteiger partial charge in [-0.25, -0.2) is 0 Å². The number of benzene rings is 1. The maximum atomic E-state index is 12.2. The molecule has 17 heavy (non-hydrogen) atoms. The molecule has 1 aliphatic rings. The van der Waals surface area contributed by atoms with Crippen molar-refractivity contribution in [2.24, 2.45) is 4.99 Å². The molecule has 3 nitrogen and oxygen atoms in total. The van der Waals surface area contributed by atoms with Crippen LogP contribution in [0.4, 0.5) is 18.9 Å². The molecule has 1 aliphatic heterocycles. The van der Waals surface area contributed by atoms with Crippen molar-refractivity contribution >= 4 is 11.5 Å². The summed E-state index contributed by atoms with van der Waals surface area (Å²) in [7, 11) is 0. The first kappa shape index (κ1) is 11.8. The van der Waals surface area contributed by atoms with Gasteiger partial charge in [-0.15, -0.1) is 13.2 Å². The zero-order valence-electron chi connectivity index (χ0n) is 8.92. The second-order valence-electron chi connectivity index (χ2n) is 3.60. The zero-order valence-corrected chi connectivity index (χ0v) is 8.92. The lowest BCUT2D eigenvalue weighted by molar-refractivity contribution is -0.274. The van der Waals surface area contributed by atoms with Crippen molar-refractivity contribution in [2.45, 2.75) is 19.2 Å². The summed E-state index contributed by atoms with van der Waals surface area (Å²) in [5.41, 5.74) is 0.283. The fourth-order valence-electron chi connectivity index (χ4n) is 1.58. The molecular weight excluding hydrogens is 233 g/mol. The smallest absolute Gasteiger partial charge is 0.404 e. The first-order valence-electron chi connectivity index (χ1n) is 5.20. The van der Waals surface area contributed by atoms with Gasteiger partial charge >= 0.3 is 6.36 Å². The Labute approximate surface area is 96.3 Å². The normalized spacial score (nSPS) is 15.6. The van der Waals surface area contributed by atoms with Gasteiger partial charge in [0, 0.05) is 13.0 Å². The fraction of sp³-hybridized carbons (Fsp3) is 0.364. The number of ether oxygens (including phenoxy) is 1. The van der Waals surface area contributed by atoms with Crippen LogP contribution in [0, 0.1) is 0 Å². The third-order valence-corrected chi connectivity index (χ3v) is 2.27. The topological polar surface area (TPSA) is 33.6 Å². The Balaban J connectivity index is 2.15. The Hall–Kier alpha value is -1.72. The molecule has 0 unspecified atom stereocenters. The van der Waals surface area contributed by atoms with Crippen LogP contribution in [-0.2, 0) is 0 Å². The minimum atomic E-state index is -4.69. The number of alkyl halides is 3. The molecule has 0 bridgehead atoms. The standard InChI is InChI=1S/C11H11F3N2O/c12-11(13,14)17-9-5-2-1-4-8(9)16-10-6-3-7-15-10/h1-2,4-5H,3,6-7H2,(H,15,16). The third kappa shape index (κ3) is 3.37. The van der Waals surface area contributed by atoms with Crippen LogP contribution in [0.3, 0.4) is 0 Å². The molecule has 0 spiro atoms. The number of anilines is 1. The highest BCUT2D eigenvalue weighted by Crippen LogP contribution is 2.30. The highest BCUT2D eigenvalue weighted by molar-refractivity contribution is 5.97. The second kappa shape index (κ2) is 4.65. The van der Waals surface area contributed by atoms with E-state index in [1.165, 1.54) is 18.2 Å². The van der Waals surface area contributed by atoms with E-state index >= 15 is 0 Å². The van der Waals surface area contributed by atoms with Gasteiger partial charge in [0.1, 0.15) is 5.84 Å². The molecule has 0 amide bonds. The number of amidine groups is 1. The van der Waals surface area contributed by atoms with Crippen LogP contribution >= 0.6 is 0 Å². The van der Waals surface area contributed by atoms with Crippen LogP contribution in [0.15, 0.2) is 29.3 Å². The Morgan fingerprint density at radius 3 is 2.65 bits per heavy atom. The molecule has 1 heterocycles. The Bertz CT molecular complexity index is 429. The summed E-state index contributed by atoms with van der Waals surface area (Å²) in [6.45, 7) is 0.713. The molecule has 0 fully saturated rings. The number of nitrogens with one attached hydrogen (secondary N) is 1. The van der Waals surface area contributed by atoms with Crippen molar-refractivity contribution in [1.82, 2.24) is 0 Å². The van der Waals surface area contributed by atoms with Gasteiger partial charge in [-0.1, -0.05) is 12.1 Å². The third-order valence-electron chi connectivity index (χ3n) is 2.27. The highest BCUT2D eigenvalue weighted by atomic mass is 19.4. The van der Waals surface area contributed by atoms with E-state index in [0.29, 0.717) is 12.4 Å². The summed E-state index contributed by atoms with van der Waals surface area (Å²) in [5.74, 6) is 0.456. The number of hydrogen-bond donors (Lipinski definition) is 1. The van der Waals surface area contributed by atoms with Crippen LogP contribution in [-0.4, -0.2) is 18.7 Å². The number of nitrogens with zero attached hydrogens (tertiary/aromatic N) is 1. The van der Waals surface area contributed by atoms with Gasteiger partial charge in [-0.05, 0) is 18.6 Å². The lowest BCUT2D eigenvalue weighted by Gasteiger charge is -2.14. The lowest BCUT2D eigenvalue weighted by Crippen LogP contribution is -2.19. The average molecular weight is 244 g/mol. The molecule has 1 aromatic carbocycles. The van der Waals surface area contributed by atoms with Gasteiger partial charge in [0.05, 0.1) is 5.69 Å². The van der Waals surface area contributed by atoms with E-state index in [0.717, 1.165) is 12.8 Å². The monoisotopic (exact) mass is 244 g/mol. The summed E-state index contributed by atoms with van der Waals surface area (Å²) in [6, 6.07) is 5.93. The van der Waals surface area contributed by atoms with Crippen molar-refractivity contribution in [1.29, 1.82) is 0 Å². The fourth-order valence-corrected chi connectivity index (χ4v) is 1.58. The molecule has 0 aliphatic carbocycles. The van der Waals surface area contributed by atoms with Gasteiger partial charge in [0.15, 0.2) is 5.75 Å². The van der Waals surface area contributed by atoms with E-state index in [4.69, 9.17) is 0 Å². The largest absolute Gasteiger partial charge is 0.573 e. The van der Waals surface area contributed by atoms with E-state index in [-0.39, 0.29) is 11.4 Å². The van der Waals surface area contributed by atoms with Crippen molar-refractivity contribution in [3.63, 3.8) is 0 Å². The van der Waals surface area contributed by atoms with E-state index < -0.39 is 6.36 Å². The van der Waals surface area contributed by atoms with Gasteiger partial charge in [-0.3, -0.25) is 4.99 Å². The van der Waals surface area contributed by atoms with Crippen molar-refractivity contribution in [3.8, 4) is 5.75 Å². The number of halogens is 3. The van der Waals surface area contributed by atoms with Gasteiger partial charge < -0.3 is 10.1 Å². The molecule has 0 saturated carbocycles. The van der Waals surface area contributed by atoms with Gasteiger partial charge in [0.25, 0.3) is 0 Å². The molecule has 92 valence electrons. The van der Waals surface area contributed by atoms with E-state index in [1.807, 2.05) is 0 Å². The number of hydrogen-bond acceptors (Lipinski definition) is 3. The van der Waals surface area contributed by atoms with Crippen LogP contribution in [0.1, 0.15) is 12.8 Å². The van der Waals surface area contributed by atoms with Crippen LogP contribution in [0.5, 0.6) is 5.75 Å². The second-order valence-corrected chi connectivity index (χ2v) is 3.60. The van der Waals surface area contributed by atoms with E-state index in [9.17, 15) is 13.2 Å². The lowest BCUT2D eigenvalue weighted by atomic mass is 10.2. The molecule has 1 N–H and O–H groups in total. The predicted octanol–water partition coefficient (Wildman–Crippen LogP) is 3.19. The Morgan fingerprint density at radius 2 is 2.00 bits per heavy atom. The zero-order chi connectivity index (χ0) is 12.3. The minimum absolute atomic E-state index is 0.241. The minimum Gasteiger partial charge on any atom is -0.404 e. The maximum Gasteiger partial charge on any atom is 0.573 e. The molecular formula is C11H11F3N2O. The molecule has 6 heteroatoms. The molecule has 1 aromatic rings. The predicted molar refractivity (Wildman–Crippen MR) is 58.3 cm³/mol. The average Bonchev–Trinajstić information content (AvgIpc) is 2.71. The van der Waals surface area contributed by atoms with E-state index in [2.05, 4.69) is 15.0 Å². The van der Waals surface area contributed by atoms with Gasteiger partial charge in [0.2, 0.25) is 0 Å². The Kier molecular flexibility index (Phi) is 3.21. The summed E-state index contributed by atoms with van der Waals surface area (Å²) in [5, 5.41) is 2.86.